The Morgan fingerprint density at radius 2 is 2.12 bits per heavy atom. The molecule has 0 aliphatic rings. The van der Waals surface area contributed by atoms with E-state index >= 15 is 0 Å². The monoisotopic (exact) mass is 223 g/mol. The summed E-state index contributed by atoms with van der Waals surface area (Å²) in [5.74, 6) is 0.641. The molecule has 0 aliphatic heterocycles. The van der Waals surface area contributed by atoms with E-state index in [2.05, 4.69) is 25.8 Å². The predicted molar refractivity (Wildman–Crippen MR) is 67.4 cm³/mol. The lowest BCUT2D eigenvalue weighted by Gasteiger charge is -2.19. The summed E-state index contributed by atoms with van der Waals surface area (Å²) >= 11 is 0. The van der Waals surface area contributed by atoms with Crippen LogP contribution in [0.25, 0.3) is 0 Å². The molecule has 0 fully saturated rings. The summed E-state index contributed by atoms with van der Waals surface area (Å²) in [6, 6.07) is 3.15. The second kappa shape index (κ2) is 5.70. The van der Waals surface area contributed by atoms with E-state index in [1.807, 2.05) is 0 Å². The van der Waals surface area contributed by atoms with Crippen molar-refractivity contribution in [1.29, 1.82) is 0 Å². The fourth-order valence-electron chi connectivity index (χ4n) is 1.72. The zero-order valence-corrected chi connectivity index (χ0v) is 10.3. The molecule has 0 unspecified atom stereocenters. The molecule has 0 saturated heterocycles. The van der Waals surface area contributed by atoms with Crippen molar-refractivity contribution < 1.29 is 0 Å². The number of hydrogen-bond donors (Lipinski definition) is 1. The third-order valence-electron chi connectivity index (χ3n) is 2.41. The molecule has 0 amide bonds. The van der Waals surface area contributed by atoms with E-state index in [0.717, 1.165) is 13.1 Å². The first kappa shape index (κ1) is 12.8. The Bertz CT molecular complexity index is 384. The number of pyridine rings is 1. The van der Waals surface area contributed by atoms with E-state index in [0.29, 0.717) is 18.2 Å². The van der Waals surface area contributed by atoms with Gasteiger partial charge in [-0.1, -0.05) is 13.8 Å². The van der Waals surface area contributed by atoms with Gasteiger partial charge in [-0.15, -0.1) is 0 Å². The van der Waals surface area contributed by atoms with Crippen LogP contribution >= 0.6 is 0 Å². The third kappa shape index (κ3) is 4.06. The van der Waals surface area contributed by atoms with E-state index in [1.54, 1.807) is 16.8 Å². The molecule has 1 aromatic heterocycles. The normalized spacial score (nSPS) is 11.3. The van der Waals surface area contributed by atoms with E-state index in [1.165, 1.54) is 6.07 Å². The van der Waals surface area contributed by atoms with Crippen LogP contribution in [-0.2, 0) is 6.54 Å². The zero-order chi connectivity index (χ0) is 12.1. The Morgan fingerprint density at radius 1 is 1.44 bits per heavy atom. The van der Waals surface area contributed by atoms with Crippen molar-refractivity contribution in [2.45, 2.75) is 20.4 Å². The van der Waals surface area contributed by atoms with Crippen molar-refractivity contribution in [3.63, 3.8) is 0 Å². The van der Waals surface area contributed by atoms with E-state index < -0.39 is 0 Å². The number of nitrogen functional groups attached to an aromatic ring is 1. The molecule has 0 atom stereocenters. The maximum atomic E-state index is 11.5. The average Bonchev–Trinajstić information content (AvgIpc) is 2.18. The molecule has 0 radical (unpaired) electrons. The van der Waals surface area contributed by atoms with Gasteiger partial charge in [0.15, 0.2) is 0 Å². The molecule has 90 valence electrons. The number of likely N-dealkylation sites (N-methyl/N-ethyl adjacent to an activating group) is 1. The molecular formula is C12H21N3O. The fourth-order valence-corrected chi connectivity index (χ4v) is 1.72. The molecule has 1 aromatic rings. The van der Waals surface area contributed by atoms with Gasteiger partial charge in [-0.05, 0) is 19.0 Å². The van der Waals surface area contributed by atoms with Crippen molar-refractivity contribution in [2.24, 2.45) is 5.92 Å². The molecule has 0 aliphatic carbocycles. The molecule has 2 N–H and O–H groups in total. The van der Waals surface area contributed by atoms with Gasteiger partial charge in [-0.3, -0.25) is 4.79 Å². The van der Waals surface area contributed by atoms with Crippen LogP contribution in [0.15, 0.2) is 23.1 Å². The fraction of sp³-hybridized carbons (Fsp3) is 0.583. The summed E-state index contributed by atoms with van der Waals surface area (Å²) in [5.41, 5.74) is 6.28. The minimum atomic E-state index is 0.00662. The lowest BCUT2D eigenvalue weighted by molar-refractivity contribution is 0.283. The Labute approximate surface area is 96.7 Å². The predicted octanol–water partition coefficient (Wildman–Crippen LogP) is 1.02. The summed E-state index contributed by atoms with van der Waals surface area (Å²) in [6.45, 7) is 6.96. The summed E-state index contributed by atoms with van der Waals surface area (Å²) < 4.78 is 1.66. The van der Waals surface area contributed by atoms with Crippen molar-refractivity contribution in [1.82, 2.24) is 9.47 Å². The van der Waals surface area contributed by atoms with E-state index in [4.69, 9.17) is 5.73 Å². The highest BCUT2D eigenvalue weighted by Crippen LogP contribution is 1.98. The summed E-state index contributed by atoms with van der Waals surface area (Å²) in [6.07, 6.45) is 1.70. The SMILES string of the molecule is CC(C)CN(C)CCn1cc(N)ccc1=O. The van der Waals surface area contributed by atoms with Crippen LogP contribution in [0, 0.1) is 5.92 Å². The molecule has 1 heterocycles. The number of nitrogens with two attached hydrogens (primary N) is 1. The first-order valence-corrected chi connectivity index (χ1v) is 5.63. The van der Waals surface area contributed by atoms with Gasteiger partial charge in [-0.25, -0.2) is 0 Å². The van der Waals surface area contributed by atoms with Gasteiger partial charge in [0.25, 0.3) is 5.56 Å². The van der Waals surface area contributed by atoms with Gasteiger partial charge in [-0.2, -0.15) is 0 Å². The number of rotatable bonds is 5. The second-order valence-electron chi connectivity index (χ2n) is 4.65. The van der Waals surface area contributed by atoms with Gasteiger partial charge < -0.3 is 15.2 Å². The molecule has 4 nitrogen and oxygen atoms in total. The largest absolute Gasteiger partial charge is 0.398 e. The summed E-state index contributed by atoms with van der Waals surface area (Å²) in [7, 11) is 2.07. The smallest absolute Gasteiger partial charge is 0.250 e. The minimum Gasteiger partial charge on any atom is -0.398 e. The van der Waals surface area contributed by atoms with Crippen molar-refractivity contribution in [2.75, 3.05) is 25.9 Å². The van der Waals surface area contributed by atoms with Crippen LogP contribution in [0.3, 0.4) is 0 Å². The van der Waals surface area contributed by atoms with Crippen molar-refractivity contribution in [3.05, 3.63) is 28.7 Å². The maximum absolute atomic E-state index is 11.5. The van der Waals surface area contributed by atoms with Gasteiger partial charge in [0.1, 0.15) is 0 Å². The van der Waals surface area contributed by atoms with Crippen molar-refractivity contribution in [3.8, 4) is 0 Å². The first-order valence-electron chi connectivity index (χ1n) is 5.63. The molecule has 0 saturated carbocycles. The molecule has 0 bridgehead atoms. The maximum Gasteiger partial charge on any atom is 0.250 e. The Morgan fingerprint density at radius 3 is 2.75 bits per heavy atom. The number of aromatic nitrogens is 1. The average molecular weight is 223 g/mol. The van der Waals surface area contributed by atoms with Crippen LogP contribution in [0.4, 0.5) is 5.69 Å². The van der Waals surface area contributed by atoms with Gasteiger partial charge in [0.05, 0.1) is 0 Å². The topological polar surface area (TPSA) is 51.3 Å². The summed E-state index contributed by atoms with van der Waals surface area (Å²) in [5, 5.41) is 0. The van der Waals surface area contributed by atoms with E-state index in [-0.39, 0.29) is 5.56 Å². The molecular weight excluding hydrogens is 202 g/mol. The van der Waals surface area contributed by atoms with Crippen LogP contribution in [0.5, 0.6) is 0 Å². The van der Waals surface area contributed by atoms with Crippen LogP contribution in [0.1, 0.15) is 13.8 Å². The van der Waals surface area contributed by atoms with Crippen molar-refractivity contribution >= 4 is 5.69 Å². The van der Waals surface area contributed by atoms with Gasteiger partial charge in [0.2, 0.25) is 0 Å². The number of anilines is 1. The number of nitrogens with zero attached hydrogens (tertiary/aromatic N) is 2. The lowest BCUT2D eigenvalue weighted by atomic mass is 10.2. The minimum absolute atomic E-state index is 0.00662. The number of hydrogen-bond acceptors (Lipinski definition) is 3. The third-order valence-corrected chi connectivity index (χ3v) is 2.41. The Balaban J connectivity index is 2.54. The molecule has 1 rings (SSSR count). The Kier molecular flexibility index (Phi) is 4.55. The van der Waals surface area contributed by atoms with Gasteiger partial charge >= 0.3 is 0 Å². The van der Waals surface area contributed by atoms with E-state index in [9.17, 15) is 4.79 Å². The standard InChI is InChI=1S/C12H21N3O/c1-10(2)8-14(3)6-7-15-9-11(13)4-5-12(15)16/h4-5,9-10H,6-8,13H2,1-3H3. The molecule has 0 aromatic carbocycles. The quantitative estimate of drug-likeness (QED) is 0.810. The van der Waals surface area contributed by atoms with Crippen LogP contribution in [0.2, 0.25) is 0 Å². The zero-order valence-electron chi connectivity index (χ0n) is 10.3. The Hall–Kier alpha value is -1.29. The highest BCUT2D eigenvalue weighted by Gasteiger charge is 2.02. The first-order chi connectivity index (χ1) is 7.49. The highest BCUT2D eigenvalue weighted by atomic mass is 16.1. The van der Waals surface area contributed by atoms with Gasteiger partial charge in [0, 0.05) is 37.6 Å². The highest BCUT2D eigenvalue weighted by molar-refractivity contribution is 5.33. The van der Waals surface area contributed by atoms with Crippen LogP contribution < -0.4 is 11.3 Å². The lowest BCUT2D eigenvalue weighted by Crippen LogP contribution is -2.30. The van der Waals surface area contributed by atoms with Crippen LogP contribution in [-0.4, -0.2) is 29.6 Å². The second-order valence-corrected chi connectivity index (χ2v) is 4.65. The summed E-state index contributed by atoms with van der Waals surface area (Å²) in [4.78, 5) is 13.7. The molecule has 4 heteroatoms. The molecule has 0 spiro atoms. The molecule has 16 heavy (non-hydrogen) atoms.